The van der Waals surface area contributed by atoms with E-state index in [1.54, 1.807) is 13.0 Å². The minimum atomic E-state index is -0.309. The number of esters is 1. The van der Waals surface area contributed by atoms with Crippen LogP contribution in [0.5, 0.6) is 0 Å². The van der Waals surface area contributed by atoms with Gasteiger partial charge in [0, 0.05) is 16.9 Å². The molecule has 0 aliphatic carbocycles. The van der Waals surface area contributed by atoms with Crippen LogP contribution in [0.2, 0.25) is 0 Å². The minimum Gasteiger partial charge on any atom is -0.466 e. The first-order valence-electron chi connectivity index (χ1n) is 6.34. The number of rotatable bonds is 5. The Kier molecular flexibility index (Phi) is 4.61. The molecule has 0 radical (unpaired) electrons. The van der Waals surface area contributed by atoms with E-state index in [-0.39, 0.29) is 24.1 Å². The zero-order valence-electron chi connectivity index (χ0n) is 11.0. The summed E-state index contributed by atoms with van der Waals surface area (Å²) in [7, 11) is 0. The zero-order valence-corrected chi connectivity index (χ0v) is 12.6. The van der Waals surface area contributed by atoms with Gasteiger partial charge in [-0.2, -0.15) is 0 Å². The van der Waals surface area contributed by atoms with Gasteiger partial charge in [-0.3, -0.25) is 4.79 Å². The van der Waals surface area contributed by atoms with Crippen molar-refractivity contribution in [3.63, 3.8) is 0 Å². The molecule has 1 unspecified atom stereocenters. The van der Waals surface area contributed by atoms with Crippen LogP contribution < -0.4 is 11.4 Å². The molecule has 1 atom stereocenters. The van der Waals surface area contributed by atoms with Gasteiger partial charge in [0.1, 0.15) is 0 Å². The Morgan fingerprint density at radius 2 is 2.05 bits per heavy atom. The Morgan fingerprint density at radius 1 is 1.40 bits per heavy atom. The Labute approximate surface area is 123 Å². The maximum Gasteiger partial charge on any atom is 0.323 e. The maximum absolute atomic E-state index is 11.3. The van der Waals surface area contributed by atoms with Crippen molar-refractivity contribution in [2.75, 3.05) is 6.61 Å². The first kappa shape index (κ1) is 14.8. The molecule has 7 heteroatoms. The van der Waals surface area contributed by atoms with Gasteiger partial charge in [0.15, 0.2) is 0 Å². The number of fused-ring (bicyclic) bond motifs is 1. The summed E-state index contributed by atoms with van der Waals surface area (Å²) in [6.45, 7) is 2.14. The van der Waals surface area contributed by atoms with Crippen molar-refractivity contribution in [1.29, 1.82) is 0 Å². The normalized spacial score (nSPS) is 12.6. The van der Waals surface area contributed by atoms with Crippen LogP contribution in [0.4, 0.5) is 0 Å². The highest BCUT2D eigenvalue weighted by Crippen LogP contribution is 2.28. The SMILES string of the molecule is CCOC(=O)CCC(N)c1cc2[nH]c(=O)[nH]c2cc1Br. The lowest BCUT2D eigenvalue weighted by atomic mass is 10.0. The molecule has 6 nitrogen and oxygen atoms in total. The highest BCUT2D eigenvalue weighted by atomic mass is 79.9. The van der Waals surface area contributed by atoms with Crippen LogP contribution in [0.1, 0.15) is 31.4 Å². The molecule has 108 valence electrons. The minimum absolute atomic E-state index is 0.254. The van der Waals surface area contributed by atoms with Crippen LogP contribution in [-0.4, -0.2) is 22.5 Å². The van der Waals surface area contributed by atoms with Crippen LogP contribution in [0, 0.1) is 0 Å². The predicted molar refractivity (Wildman–Crippen MR) is 79.4 cm³/mol. The van der Waals surface area contributed by atoms with E-state index in [4.69, 9.17) is 10.5 Å². The van der Waals surface area contributed by atoms with Crippen molar-refractivity contribution in [1.82, 2.24) is 9.97 Å². The summed E-state index contributed by atoms with van der Waals surface area (Å²) in [5.74, 6) is -0.254. The number of carbonyl (C=O) groups is 1. The quantitative estimate of drug-likeness (QED) is 0.723. The lowest BCUT2D eigenvalue weighted by Crippen LogP contribution is -2.14. The average Bonchev–Trinajstić information content (AvgIpc) is 2.74. The summed E-state index contributed by atoms with van der Waals surface area (Å²) in [5, 5.41) is 0. The molecule has 0 aliphatic rings. The van der Waals surface area contributed by atoms with Crippen LogP contribution in [0.3, 0.4) is 0 Å². The largest absolute Gasteiger partial charge is 0.466 e. The lowest BCUT2D eigenvalue weighted by Gasteiger charge is -2.13. The molecule has 0 aliphatic heterocycles. The molecule has 0 amide bonds. The number of ether oxygens (including phenoxy) is 1. The summed E-state index contributed by atoms with van der Waals surface area (Å²) in [5.41, 5.74) is 8.09. The fourth-order valence-electron chi connectivity index (χ4n) is 2.02. The topological polar surface area (TPSA) is 101 Å². The summed E-state index contributed by atoms with van der Waals surface area (Å²) in [4.78, 5) is 28.0. The molecule has 20 heavy (non-hydrogen) atoms. The number of aromatic nitrogens is 2. The van der Waals surface area contributed by atoms with E-state index in [9.17, 15) is 9.59 Å². The third kappa shape index (κ3) is 3.29. The molecule has 2 aromatic rings. The molecule has 0 fully saturated rings. The molecule has 1 heterocycles. The van der Waals surface area contributed by atoms with E-state index in [0.717, 1.165) is 10.0 Å². The molecular weight excluding hydrogens is 326 g/mol. The smallest absolute Gasteiger partial charge is 0.323 e. The van der Waals surface area contributed by atoms with Gasteiger partial charge < -0.3 is 20.4 Å². The van der Waals surface area contributed by atoms with Crippen LogP contribution in [0.15, 0.2) is 21.4 Å². The van der Waals surface area contributed by atoms with E-state index < -0.39 is 0 Å². The Hall–Kier alpha value is -1.60. The van der Waals surface area contributed by atoms with Gasteiger partial charge in [-0.25, -0.2) is 4.79 Å². The summed E-state index contributed by atoms with van der Waals surface area (Å²) in [6.07, 6.45) is 0.751. The number of H-pyrrole nitrogens is 2. The highest BCUT2D eigenvalue weighted by molar-refractivity contribution is 9.10. The van der Waals surface area contributed by atoms with E-state index in [2.05, 4.69) is 25.9 Å². The fourth-order valence-corrected chi connectivity index (χ4v) is 2.66. The fraction of sp³-hybridized carbons (Fsp3) is 0.385. The summed E-state index contributed by atoms with van der Waals surface area (Å²) < 4.78 is 5.68. The van der Waals surface area contributed by atoms with Crippen molar-refractivity contribution >= 4 is 32.9 Å². The Morgan fingerprint density at radius 3 is 2.70 bits per heavy atom. The summed E-state index contributed by atoms with van der Waals surface area (Å²) >= 11 is 3.43. The number of hydrogen-bond donors (Lipinski definition) is 3. The van der Waals surface area contributed by atoms with Gasteiger partial charge in [0.2, 0.25) is 0 Å². The zero-order chi connectivity index (χ0) is 14.7. The predicted octanol–water partition coefficient (Wildman–Crippen LogP) is 1.96. The molecule has 0 spiro atoms. The van der Waals surface area contributed by atoms with Crippen molar-refractivity contribution in [2.45, 2.75) is 25.8 Å². The maximum atomic E-state index is 11.3. The van der Waals surface area contributed by atoms with Gasteiger partial charge >= 0.3 is 11.7 Å². The number of carbonyl (C=O) groups excluding carboxylic acids is 1. The van der Waals surface area contributed by atoms with E-state index >= 15 is 0 Å². The highest BCUT2D eigenvalue weighted by Gasteiger charge is 2.14. The second kappa shape index (κ2) is 6.23. The molecule has 0 saturated carbocycles. The van der Waals surface area contributed by atoms with Crippen molar-refractivity contribution in [2.24, 2.45) is 5.73 Å². The second-order valence-corrected chi connectivity index (χ2v) is 5.30. The Bertz CT molecular complexity index is 677. The summed E-state index contributed by atoms with van der Waals surface area (Å²) in [6, 6.07) is 3.30. The average molecular weight is 342 g/mol. The van der Waals surface area contributed by atoms with Crippen molar-refractivity contribution < 1.29 is 9.53 Å². The third-order valence-electron chi connectivity index (χ3n) is 3.00. The number of nitrogens with two attached hydrogens (primary N) is 1. The van der Waals surface area contributed by atoms with Crippen molar-refractivity contribution in [3.05, 3.63) is 32.7 Å². The molecule has 1 aromatic heterocycles. The number of nitrogens with one attached hydrogen (secondary N) is 2. The number of hydrogen-bond acceptors (Lipinski definition) is 4. The standard InChI is InChI=1S/C13H16BrN3O3/c1-2-20-12(18)4-3-9(15)7-5-10-11(6-8(7)14)17-13(19)16-10/h5-6,9H,2-4,15H2,1H3,(H2,16,17,19). The van der Waals surface area contributed by atoms with Gasteiger partial charge in [0.25, 0.3) is 0 Å². The molecule has 1 aromatic carbocycles. The molecule has 4 N–H and O–H groups in total. The molecule has 0 bridgehead atoms. The lowest BCUT2D eigenvalue weighted by molar-refractivity contribution is -0.143. The first-order valence-corrected chi connectivity index (χ1v) is 7.13. The van der Waals surface area contributed by atoms with Gasteiger partial charge in [0.05, 0.1) is 17.6 Å². The monoisotopic (exact) mass is 341 g/mol. The number of halogens is 1. The number of aromatic amines is 2. The van der Waals surface area contributed by atoms with E-state index in [0.29, 0.717) is 24.1 Å². The van der Waals surface area contributed by atoms with Gasteiger partial charge in [-0.15, -0.1) is 0 Å². The van der Waals surface area contributed by atoms with Gasteiger partial charge in [-0.1, -0.05) is 15.9 Å². The number of imidazole rings is 1. The molecule has 0 saturated heterocycles. The second-order valence-electron chi connectivity index (χ2n) is 4.45. The first-order chi connectivity index (χ1) is 9.51. The molecule has 2 rings (SSSR count). The third-order valence-corrected chi connectivity index (χ3v) is 3.68. The van der Waals surface area contributed by atoms with Crippen LogP contribution in [-0.2, 0) is 9.53 Å². The van der Waals surface area contributed by atoms with Crippen LogP contribution in [0.25, 0.3) is 11.0 Å². The Balaban J connectivity index is 2.16. The van der Waals surface area contributed by atoms with E-state index in [1.807, 2.05) is 6.07 Å². The van der Waals surface area contributed by atoms with Crippen LogP contribution >= 0.6 is 15.9 Å². The van der Waals surface area contributed by atoms with E-state index in [1.165, 1.54) is 0 Å². The number of benzene rings is 1. The van der Waals surface area contributed by atoms with Crippen molar-refractivity contribution in [3.8, 4) is 0 Å². The molecular formula is C13H16BrN3O3. The van der Waals surface area contributed by atoms with Gasteiger partial charge in [-0.05, 0) is 31.0 Å².